The Morgan fingerprint density at radius 1 is 1.53 bits per heavy atom. The summed E-state index contributed by atoms with van der Waals surface area (Å²) >= 11 is 5.66. The third kappa shape index (κ3) is 3.04. The number of nitrogens with two attached hydrogens (primary N) is 2. The molecule has 1 saturated carbocycles. The molecule has 0 spiro atoms. The maximum absolute atomic E-state index is 13.6. The molecule has 2 atom stereocenters. The van der Waals surface area contributed by atoms with Crippen molar-refractivity contribution in [2.24, 2.45) is 11.5 Å². The molecule has 1 aromatic rings. The molecule has 0 amide bonds. The van der Waals surface area contributed by atoms with Crippen LogP contribution in [0.25, 0.3) is 0 Å². The molecule has 0 saturated heterocycles. The quantitative estimate of drug-likeness (QED) is 0.769. The lowest BCUT2D eigenvalue weighted by Gasteiger charge is -2.36. The van der Waals surface area contributed by atoms with Gasteiger partial charge in [-0.25, -0.2) is 14.4 Å². The van der Waals surface area contributed by atoms with Crippen LogP contribution >= 0.6 is 24.0 Å². The third-order valence-electron chi connectivity index (χ3n) is 3.01. The maximum atomic E-state index is 13.6. The summed E-state index contributed by atoms with van der Waals surface area (Å²) in [5.41, 5.74) is 11.4. The Morgan fingerprint density at radius 2 is 2.24 bits per heavy atom. The van der Waals surface area contributed by atoms with Crippen LogP contribution in [0.1, 0.15) is 31.4 Å². The number of rotatable bonds is 1. The number of hydrogen-bond acceptors (Lipinski definition) is 4. The van der Waals surface area contributed by atoms with E-state index in [0.717, 1.165) is 19.0 Å². The normalized spacial score (nSPS) is 28.6. The first-order valence-corrected chi connectivity index (χ1v) is 5.62. The summed E-state index contributed by atoms with van der Waals surface area (Å²) in [6.45, 7) is 0. The Morgan fingerprint density at radius 3 is 2.88 bits per heavy atom. The first kappa shape index (κ1) is 14.6. The van der Waals surface area contributed by atoms with Crippen molar-refractivity contribution in [3.8, 4) is 0 Å². The average Bonchev–Trinajstić information content (AvgIpc) is 2.21. The molecule has 4 N–H and O–H groups in total. The molecule has 0 bridgehead atoms. The Bertz CT molecular complexity index is 404. The van der Waals surface area contributed by atoms with Crippen LogP contribution in [0.2, 0.25) is 5.28 Å². The Hall–Kier alpha value is -0.490. The molecule has 2 rings (SSSR count). The summed E-state index contributed by atoms with van der Waals surface area (Å²) < 4.78 is 13.6. The molecule has 7 heteroatoms. The fraction of sp³-hybridized carbons (Fsp3) is 0.600. The first-order chi connectivity index (χ1) is 7.51. The number of aromatic nitrogens is 2. The number of hydrogen-bond donors (Lipinski definition) is 2. The van der Waals surface area contributed by atoms with Crippen molar-refractivity contribution in [1.29, 1.82) is 0 Å². The van der Waals surface area contributed by atoms with Crippen molar-refractivity contribution in [3.63, 3.8) is 0 Å². The molecule has 17 heavy (non-hydrogen) atoms. The minimum Gasteiger partial charge on any atom is -0.328 e. The predicted molar refractivity (Wildman–Crippen MR) is 66.6 cm³/mol. The predicted octanol–water partition coefficient (Wildman–Crippen LogP) is 1.75. The highest BCUT2D eigenvalue weighted by Crippen LogP contribution is 2.34. The van der Waals surface area contributed by atoms with E-state index in [1.54, 1.807) is 0 Å². The smallest absolute Gasteiger partial charge is 0.222 e. The van der Waals surface area contributed by atoms with Gasteiger partial charge in [0.2, 0.25) is 5.28 Å². The van der Waals surface area contributed by atoms with Gasteiger partial charge in [0.1, 0.15) is 5.69 Å². The molecule has 1 aliphatic carbocycles. The summed E-state index contributed by atoms with van der Waals surface area (Å²) in [4.78, 5) is 7.48. The SMILES string of the molecule is Cl.NC1CCCC(N)(c2nc(Cl)ncc2F)C1. The van der Waals surface area contributed by atoms with Gasteiger partial charge in [-0.1, -0.05) is 0 Å². The van der Waals surface area contributed by atoms with Gasteiger partial charge in [0, 0.05) is 6.04 Å². The lowest BCUT2D eigenvalue weighted by molar-refractivity contribution is 0.258. The highest BCUT2D eigenvalue weighted by Gasteiger charge is 2.36. The molecule has 1 fully saturated rings. The molecule has 1 aliphatic rings. The summed E-state index contributed by atoms with van der Waals surface area (Å²) in [5, 5.41) is 0.0142. The highest BCUT2D eigenvalue weighted by molar-refractivity contribution is 6.28. The van der Waals surface area contributed by atoms with Crippen LogP contribution in [0.4, 0.5) is 4.39 Å². The lowest BCUT2D eigenvalue weighted by Crippen LogP contribution is -2.47. The zero-order valence-corrected chi connectivity index (χ0v) is 10.8. The lowest BCUT2D eigenvalue weighted by atomic mass is 9.77. The molecule has 1 heterocycles. The van der Waals surface area contributed by atoms with Crippen molar-refractivity contribution in [2.45, 2.75) is 37.3 Å². The first-order valence-electron chi connectivity index (χ1n) is 5.24. The van der Waals surface area contributed by atoms with Gasteiger partial charge >= 0.3 is 0 Å². The van der Waals surface area contributed by atoms with Gasteiger partial charge in [-0.3, -0.25) is 0 Å². The zero-order chi connectivity index (χ0) is 11.8. The molecule has 0 aromatic carbocycles. The van der Waals surface area contributed by atoms with E-state index < -0.39 is 11.4 Å². The van der Waals surface area contributed by atoms with E-state index in [-0.39, 0.29) is 29.4 Å². The van der Waals surface area contributed by atoms with Crippen LogP contribution in [0.15, 0.2) is 6.20 Å². The highest BCUT2D eigenvalue weighted by atomic mass is 35.5. The second-order valence-corrected chi connectivity index (χ2v) is 4.69. The maximum Gasteiger partial charge on any atom is 0.222 e. The second kappa shape index (κ2) is 5.44. The van der Waals surface area contributed by atoms with Gasteiger partial charge in [0.15, 0.2) is 5.82 Å². The van der Waals surface area contributed by atoms with Gasteiger partial charge in [0.05, 0.1) is 11.7 Å². The standard InChI is InChI=1S/C10H14ClFN4.ClH/c11-9-15-5-7(12)8(16-9)10(14)3-1-2-6(13)4-10;/h5-6H,1-4,13-14H2;1H. The second-order valence-electron chi connectivity index (χ2n) is 4.35. The van der Waals surface area contributed by atoms with Crippen molar-refractivity contribution < 1.29 is 4.39 Å². The van der Waals surface area contributed by atoms with E-state index in [0.29, 0.717) is 12.8 Å². The largest absolute Gasteiger partial charge is 0.328 e. The summed E-state index contributed by atoms with van der Waals surface area (Å²) in [6.07, 6.45) is 4.04. The zero-order valence-electron chi connectivity index (χ0n) is 9.20. The van der Waals surface area contributed by atoms with Crippen LogP contribution < -0.4 is 11.5 Å². The van der Waals surface area contributed by atoms with E-state index in [4.69, 9.17) is 23.1 Å². The molecule has 2 unspecified atom stereocenters. The molecule has 1 aromatic heterocycles. The van der Waals surface area contributed by atoms with Gasteiger partial charge in [-0.05, 0) is 37.3 Å². The average molecular weight is 281 g/mol. The van der Waals surface area contributed by atoms with Crippen molar-refractivity contribution in [3.05, 3.63) is 23.0 Å². The Balaban J connectivity index is 0.00000144. The molecule has 0 aliphatic heterocycles. The topological polar surface area (TPSA) is 77.8 Å². The number of nitrogens with zero attached hydrogens (tertiary/aromatic N) is 2. The van der Waals surface area contributed by atoms with Crippen molar-refractivity contribution in [1.82, 2.24) is 9.97 Å². The van der Waals surface area contributed by atoms with E-state index in [2.05, 4.69) is 9.97 Å². The fourth-order valence-corrected chi connectivity index (χ4v) is 2.39. The summed E-state index contributed by atoms with van der Waals surface area (Å²) in [6, 6.07) is -0.00751. The molecule has 0 radical (unpaired) electrons. The minimum absolute atomic E-state index is 0. The minimum atomic E-state index is -0.811. The van der Waals surface area contributed by atoms with Crippen molar-refractivity contribution in [2.75, 3.05) is 0 Å². The summed E-state index contributed by atoms with van der Waals surface area (Å²) in [5.74, 6) is -0.513. The van der Waals surface area contributed by atoms with Crippen LogP contribution in [0.5, 0.6) is 0 Å². The summed E-state index contributed by atoms with van der Waals surface area (Å²) in [7, 11) is 0. The van der Waals surface area contributed by atoms with Crippen LogP contribution in [-0.4, -0.2) is 16.0 Å². The molecular weight excluding hydrogens is 266 g/mol. The van der Waals surface area contributed by atoms with E-state index in [1.165, 1.54) is 0 Å². The van der Waals surface area contributed by atoms with E-state index >= 15 is 0 Å². The Kier molecular flexibility index (Phi) is 4.66. The monoisotopic (exact) mass is 280 g/mol. The fourth-order valence-electron chi connectivity index (χ4n) is 2.26. The number of halogens is 3. The molecular formula is C10H15Cl2FN4. The van der Waals surface area contributed by atoms with E-state index in [9.17, 15) is 4.39 Å². The Labute approximate surface area is 110 Å². The third-order valence-corrected chi connectivity index (χ3v) is 3.19. The van der Waals surface area contributed by atoms with E-state index in [1.807, 2.05) is 0 Å². The molecule has 96 valence electrons. The van der Waals surface area contributed by atoms with Crippen LogP contribution in [0, 0.1) is 5.82 Å². The van der Waals surface area contributed by atoms with Gasteiger partial charge < -0.3 is 11.5 Å². The van der Waals surface area contributed by atoms with Gasteiger partial charge in [0.25, 0.3) is 0 Å². The van der Waals surface area contributed by atoms with Gasteiger partial charge in [-0.15, -0.1) is 12.4 Å². The van der Waals surface area contributed by atoms with Crippen LogP contribution in [-0.2, 0) is 5.54 Å². The molecule has 4 nitrogen and oxygen atoms in total. The van der Waals surface area contributed by atoms with Crippen LogP contribution in [0.3, 0.4) is 0 Å². The van der Waals surface area contributed by atoms with Gasteiger partial charge in [-0.2, -0.15) is 0 Å². The van der Waals surface area contributed by atoms with Crippen molar-refractivity contribution >= 4 is 24.0 Å².